The molecule has 26 heavy (non-hydrogen) atoms. The molecule has 2 bridgehead atoms. The zero-order valence-corrected chi connectivity index (χ0v) is 16.2. The van der Waals surface area contributed by atoms with E-state index in [9.17, 15) is 13.2 Å². The second kappa shape index (κ2) is 5.52. The summed E-state index contributed by atoms with van der Waals surface area (Å²) in [6, 6.07) is 9.21. The first-order chi connectivity index (χ1) is 12.1. The average molecular weight is 372 g/mol. The maximum atomic E-state index is 13.0. The number of para-hydroxylation sites is 1. The minimum Gasteiger partial charge on any atom is -0.299 e. The normalized spacial score (nSPS) is 27.2. The third-order valence-electron chi connectivity index (χ3n) is 6.69. The van der Waals surface area contributed by atoms with Gasteiger partial charge in [0.1, 0.15) is 5.78 Å². The Bertz CT molecular complexity index is 1010. The van der Waals surface area contributed by atoms with Gasteiger partial charge in [0, 0.05) is 17.5 Å². The third kappa shape index (κ3) is 2.46. The molecule has 0 aliphatic heterocycles. The molecule has 1 aromatic carbocycles. The minimum atomic E-state index is -3.67. The van der Waals surface area contributed by atoms with Crippen LogP contribution in [0.2, 0.25) is 0 Å². The predicted molar refractivity (Wildman–Crippen MR) is 102 cm³/mol. The Morgan fingerprint density at radius 2 is 2.00 bits per heavy atom. The fourth-order valence-corrected chi connectivity index (χ4v) is 6.93. The summed E-state index contributed by atoms with van der Waals surface area (Å²) in [4.78, 5) is 17.1. The number of sulfonamides is 1. The standard InChI is InChI=1S/C20H24N2O3S/c1-13-10-17(15-6-4-5-7-16(15)21-13)22-26(24,25)12-20-9-8-14(11-18(20)23)19(20,2)3/h4-7,10,14H,8-9,11-12H2,1-3H3,(H,21,22)/t14-,20-/m0/s1. The van der Waals surface area contributed by atoms with E-state index in [1.54, 1.807) is 6.07 Å². The minimum absolute atomic E-state index is 0.111. The first kappa shape index (κ1) is 17.5. The van der Waals surface area contributed by atoms with Crippen LogP contribution in [0.5, 0.6) is 0 Å². The van der Waals surface area contributed by atoms with Gasteiger partial charge in [-0.05, 0) is 43.2 Å². The van der Waals surface area contributed by atoms with Crippen LogP contribution in [0.25, 0.3) is 10.9 Å². The monoisotopic (exact) mass is 372 g/mol. The highest BCUT2D eigenvalue weighted by molar-refractivity contribution is 7.92. The van der Waals surface area contributed by atoms with Crippen molar-refractivity contribution in [3.05, 3.63) is 36.0 Å². The number of hydrogen-bond donors (Lipinski definition) is 1. The summed E-state index contributed by atoms with van der Waals surface area (Å²) < 4.78 is 28.8. The van der Waals surface area contributed by atoms with E-state index in [0.717, 1.165) is 23.0 Å². The molecule has 2 aliphatic rings. The number of carbonyl (C=O) groups is 1. The smallest absolute Gasteiger partial charge is 0.233 e. The van der Waals surface area contributed by atoms with Crippen LogP contribution in [-0.2, 0) is 14.8 Å². The molecule has 0 radical (unpaired) electrons. The molecule has 6 heteroatoms. The van der Waals surface area contributed by atoms with Crippen LogP contribution in [0.3, 0.4) is 0 Å². The van der Waals surface area contributed by atoms with Crippen molar-refractivity contribution in [2.75, 3.05) is 10.5 Å². The van der Waals surface area contributed by atoms with Crippen LogP contribution in [0, 0.1) is 23.7 Å². The Hall–Kier alpha value is -1.95. The fraction of sp³-hybridized carbons (Fsp3) is 0.500. The lowest BCUT2D eigenvalue weighted by Gasteiger charge is -2.36. The van der Waals surface area contributed by atoms with Crippen molar-refractivity contribution >= 4 is 32.4 Å². The van der Waals surface area contributed by atoms with Gasteiger partial charge in [0.25, 0.3) is 0 Å². The highest BCUT2D eigenvalue weighted by atomic mass is 32.2. The molecule has 2 saturated carbocycles. The molecule has 0 saturated heterocycles. The maximum absolute atomic E-state index is 13.0. The fourth-order valence-electron chi connectivity index (χ4n) is 5.03. The van der Waals surface area contributed by atoms with Crippen molar-refractivity contribution < 1.29 is 13.2 Å². The van der Waals surface area contributed by atoms with Gasteiger partial charge in [-0.2, -0.15) is 0 Å². The highest BCUT2D eigenvalue weighted by Gasteiger charge is 2.65. The second-order valence-corrected chi connectivity index (χ2v) is 10.1. The summed E-state index contributed by atoms with van der Waals surface area (Å²) in [6.45, 7) is 5.95. The zero-order valence-electron chi connectivity index (χ0n) is 15.4. The molecule has 1 heterocycles. The average Bonchev–Trinajstić information content (AvgIpc) is 2.88. The molecule has 1 aromatic heterocycles. The highest BCUT2D eigenvalue weighted by Crippen LogP contribution is 2.64. The van der Waals surface area contributed by atoms with Gasteiger partial charge in [-0.3, -0.25) is 14.5 Å². The van der Waals surface area contributed by atoms with E-state index >= 15 is 0 Å². The van der Waals surface area contributed by atoms with E-state index in [4.69, 9.17) is 0 Å². The molecule has 2 aliphatic carbocycles. The van der Waals surface area contributed by atoms with Crippen LogP contribution in [0.4, 0.5) is 5.69 Å². The maximum Gasteiger partial charge on any atom is 0.233 e. The summed E-state index contributed by atoms with van der Waals surface area (Å²) in [5.74, 6) is 0.270. The lowest BCUT2D eigenvalue weighted by Crippen LogP contribution is -2.43. The van der Waals surface area contributed by atoms with E-state index in [2.05, 4.69) is 23.6 Å². The Labute approximate surface area is 154 Å². The van der Waals surface area contributed by atoms with Gasteiger partial charge in [0.2, 0.25) is 10.0 Å². The van der Waals surface area contributed by atoms with Crippen LogP contribution >= 0.6 is 0 Å². The number of anilines is 1. The Kier molecular flexibility index (Phi) is 3.71. The van der Waals surface area contributed by atoms with Crippen LogP contribution in [0.1, 0.15) is 38.8 Å². The van der Waals surface area contributed by atoms with E-state index in [1.807, 2.05) is 31.2 Å². The van der Waals surface area contributed by atoms with Crippen LogP contribution < -0.4 is 4.72 Å². The third-order valence-corrected chi connectivity index (χ3v) is 8.09. The molecular weight excluding hydrogens is 348 g/mol. The van der Waals surface area contributed by atoms with E-state index in [-0.39, 0.29) is 17.0 Å². The van der Waals surface area contributed by atoms with Crippen molar-refractivity contribution in [3.8, 4) is 0 Å². The van der Waals surface area contributed by atoms with Crippen LogP contribution in [-0.4, -0.2) is 24.9 Å². The van der Waals surface area contributed by atoms with Gasteiger partial charge in [-0.25, -0.2) is 8.42 Å². The quantitative estimate of drug-likeness (QED) is 0.888. The van der Waals surface area contributed by atoms with E-state index in [0.29, 0.717) is 24.4 Å². The number of nitrogens with zero attached hydrogens (tertiary/aromatic N) is 1. The van der Waals surface area contributed by atoms with Crippen molar-refractivity contribution in [2.45, 2.75) is 40.0 Å². The molecular formula is C20H24N2O3S. The molecule has 138 valence electrons. The molecule has 5 nitrogen and oxygen atoms in total. The number of fused-ring (bicyclic) bond motifs is 3. The van der Waals surface area contributed by atoms with Gasteiger partial charge < -0.3 is 0 Å². The molecule has 2 aromatic rings. The number of benzene rings is 1. The number of nitrogens with one attached hydrogen (secondary N) is 1. The molecule has 0 spiro atoms. The Morgan fingerprint density at radius 3 is 2.65 bits per heavy atom. The number of hydrogen-bond acceptors (Lipinski definition) is 4. The lowest BCUT2D eigenvalue weighted by atomic mass is 9.70. The summed E-state index contributed by atoms with van der Waals surface area (Å²) >= 11 is 0. The van der Waals surface area contributed by atoms with E-state index < -0.39 is 15.4 Å². The first-order valence-electron chi connectivity index (χ1n) is 9.05. The summed E-state index contributed by atoms with van der Waals surface area (Å²) in [6.07, 6.45) is 2.12. The van der Waals surface area contributed by atoms with Crippen LogP contribution in [0.15, 0.2) is 30.3 Å². The molecule has 2 fully saturated rings. The van der Waals surface area contributed by atoms with Gasteiger partial charge in [-0.15, -0.1) is 0 Å². The number of rotatable bonds is 4. The Balaban J connectivity index is 1.70. The number of carbonyl (C=O) groups excluding carboxylic acids is 1. The SMILES string of the molecule is Cc1cc(NS(=O)(=O)C[C@@]23CC[C@@H](CC2=O)C3(C)C)c2ccccc2n1. The predicted octanol–water partition coefficient (Wildman–Crippen LogP) is 3.68. The molecule has 0 amide bonds. The van der Waals surface area contributed by atoms with Gasteiger partial charge in [0.15, 0.2) is 0 Å². The number of ketones is 1. The number of pyridine rings is 1. The molecule has 4 rings (SSSR count). The van der Waals surface area contributed by atoms with Crippen molar-refractivity contribution in [2.24, 2.45) is 16.7 Å². The largest absolute Gasteiger partial charge is 0.299 e. The van der Waals surface area contributed by atoms with Gasteiger partial charge >= 0.3 is 0 Å². The topological polar surface area (TPSA) is 76.1 Å². The van der Waals surface area contributed by atoms with Gasteiger partial charge in [0.05, 0.1) is 22.4 Å². The number of Topliss-reactive ketones (excluding diaryl/α,β-unsaturated/α-hetero) is 1. The van der Waals surface area contributed by atoms with Crippen molar-refractivity contribution in [3.63, 3.8) is 0 Å². The lowest BCUT2D eigenvalue weighted by molar-refractivity contribution is -0.128. The summed E-state index contributed by atoms with van der Waals surface area (Å²) in [7, 11) is -3.67. The molecule has 2 atom stereocenters. The number of aryl methyl sites for hydroxylation is 1. The first-order valence-corrected chi connectivity index (χ1v) is 10.7. The van der Waals surface area contributed by atoms with E-state index in [1.165, 1.54) is 0 Å². The molecule has 0 unspecified atom stereocenters. The second-order valence-electron chi connectivity index (χ2n) is 8.36. The Morgan fingerprint density at radius 1 is 1.27 bits per heavy atom. The number of aromatic nitrogens is 1. The molecule has 1 N–H and O–H groups in total. The summed E-state index contributed by atoms with van der Waals surface area (Å²) in [5, 5.41) is 0.764. The van der Waals surface area contributed by atoms with Crippen molar-refractivity contribution in [1.29, 1.82) is 0 Å². The summed E-state index contributed by atoms with van der Waals surface area (Å²) in [5.41, 5.74) is 0.998. The van der Waals surface area contributed by atoms with Gasteiger partial charge in [-0.1, -0.05) is 32.0 Å². The van der Waals surface area contributed by atoms with Crippen molar-refractivity contribution in [1.82, 2.24) is 4.98 Å². The zero-order chi connectivity index (χ0) is 18.7.